The van der Waals surface area contributed by atoms with E-state index in [1.165, 1.54) is 19.4 Å². The largest absolute Gasteiger partial charge is 0.465 e. The van der Waals surface area contributed by atoms with Crippen LogP contribution in [0.3, 0.4) is 0 Å². The monoisotopic (exact) mass is 466 g/mol. The minimum Gasteiger partial charge on any atom is -0.465 e. The number of aryl methyl sites for hydroxylation is 2. The average molecular weight is 466 g/mol. The van der Waals surface area contributed by atoms with Crippen molar-refractivity contribution in [3.8, 4) is 11.3 Å². The topological polar surface area (TPSA) is 91.5 Å². The molecule has 0 atom stereocenters. The number of hydrogen-bond acceptors (Lipinski definition) is 7. The number of carbonyl (C=O) groups excluding carboxylic acids is 2. The van der Waals surface area contributed by atoms with Crippen LogP contribution in [0.1, 0.15) is 33.9 Å². The smallest absolute Gasteiger partial charge is 0.340 e. The number of hydrogen-bond donors (Lipinski definition) is 0. The van der Waals surface area contributed by atoms with E-state index in [0.29, 0.717) is 16.8 Å². The second-order valence-corrected chi connectivity index (χ2v) is 7.47. The minimum absolute atomic E-state index is 0.0635. The molecule has 4 aromatic rings. The van der Waals surface area contributed by atoms with Crippen LogP contribution in [0.15, 0.2) is 53.1 Å². The number of esters is 2. The summed E-state index contributed by atoms with van der Waals surface area (Å²) < 4.78 is 42.7. The van der Waals surface area contributed by atoms with Crippen LogP contribution < -0.4 is 0 Å². The lowest BCUT2D eigenvalue weighted by molar-refractivity contribution is -0.145. The predicted octanol–water partition coefficient (Wildman–Crippen LogP) is 4.94. The molecule has 174 valence electrons. The number of rotatable bonds is 7. The van der Waals surface area contributed by atoms with Gasteiger partial charge in [0.1, 0.15) is 18.2 Å². The molecule has 0 amide bonds. The van der Waals surface area contributed by atoms with E-state index in [-0.39, 0.29) is 42.2 Å². The Morgan fingerprint density at radius 1 is 1.12 bits per heavy atom. The summed E-state index contributed by atoms with van der Waals surface area (Å²) in [6.45, 7) is 1.57. The lowest BCUT2D eigenvalue weighted by Gasteiger charge is -2.13. The van der Waals surface area contributed by atoms with Crippen molar-refractivity contribution in [3.05, 3.63) is 83.0 Å². The van der Waals surface area contributed by atoms with Gasteiger partial charge in [0.15, 0.2) is 11.7 Å². The van der Waals surface area contributed by atoms with E-state index < -0.39 is 23.6 Å². The average Bonchev–Trinajstić information content (AvgIpc) is 3.29. The fourth-order valence-corrected chi connectivity index (χ4v) is 3.59. The Labute approximate surface area is 193 Å². The summed E-state index contributed by atoms with van der Waals surface area (Å²) in [6, 6.07) is 10.4. The summed E-state index contributed by atoms with van der Waals surface area (Å²) >= 11 is 0. The number of ether oxygens (including phenoxy) is 2. The molecule has 0 spiro atoms. The summed E-state index contributed by atoms with van der Waals surface area (Å²) in [5.41, 5.74) is 1.97. The normalized spacial score (nSPS) is 10.9. The maximum Gasteiger partial charge on any atom is 0.340 e. The van der Waals surface area contributed by atoms with Gasteiger partial charge in [-0.05, 0) is 30.7 Å². The lowest BCUT2D eigenvalue weighted by atomic mass is 10.0. The van der Waals surface area contributed by atoms with Crippen molar-refractivity contribution in [1.29, 1.82) is 0 Å². The quantitative estimate of drug-likeness (QED) is 0.356. The van der Waals surface area contributed by atoms with Crippen LogP contribution in [0.4, 0.5) is 8.78 Å². The summed E-state index contributed by atoms with van der Waals surface area (Å²) in [5, 5.41) is 0.801. The van der Waals surface area contributed by atoms with Crippen molar-refractivity contribution in [2.45, 2.75) is 26.4 Å². The van der Waals surface area contributed by atoms with Gasteiger partial charge in [0.25, 0.3) is 0 Å². The first-order valence-corrected chi connectivity index (χ1v) is 10.4. The van der Waals surface area contributed by atoms with Crippen LogP contribution in [-0.4, -0.2) is 29.0 Å². The number of aromatic nitrogens is 2. The second kappa shape index (κ2) is 9.78. The predicted molar refractivity (Wildman–Crippen MR) is 118 cm³/mol. The van der Waals surface area contributed by atoms with Gasteiger partial charge >= 0.3 is 11.9 Å². The van der Waals surface area contributed by atoms with Crippen molar-refractivity contribution in [1.82, 2.24) is 9.97 Å². The first kappa shape index (κ1) is 23.0. The summed E-state index contributed by atoms with van der Waals surface area (Å²) in [6.07, 6.45) is 1.35. The third-order valence-corrected chi connectivity index (χ3v) is 5.28. The summed E-state index contributed by atoms with van der Waals surface area (Å²) in [4.78, 5) is 33.2. The van der Waals surface area contributed by atoms with E-state index in [1.54, 1.807) is 13.0 Å². The SMILES string of the molecule is COC(=O)c1c(COC(=O)CCc2ncc(-c3ccc(F)cc3F)o2)nc2ccccc2c1C. The Morgan fingerprint density at radius 2 is 1.91 bits per heavy atom. The molecule has 2 heterocycles. The molecule has 7 nitrogen and oxygen atoms in total. The molecule has 34 heavy (non-hydrogen) atoms. The molecule has 2 aromatic heterocycles. The minimum atomic E-state index is -0.776. The van der Waals surface area contributed by atoms with Crippen LogP contribution in [0.2, 0.25) is 0 Å². The number of para-hydroxylation sites is 1. The van der Waals surface area contributed by atoms with Crippen LogP contribution >= 0.6 is 0 Å². The highest BCUT2D eigenvalue weighted by Crippen LogP contribution is 2.26. The molecular weight excluding hydrogens is 446 g/mol. The standard InChI is InChI=1S/C25H20F2N2O5/c1-14-16-5-3-4-6-19(16)29-20(24(14)25(31)32-2)13-33-23(30)10-9-22-28-12-21(34-22)17-8-7-15(26)11-18(17)27/h3-8,11-12H,9-10,13H2,1-2H3. The van der Waals surface area contributed by atoms with Gasteiger partial charge in [0.2, 0.25) is 0 Å². The molecule has 0 radical (unpaired) electrons. The van der Waals surface area contributed by atoms with Gasteiger partial charge in [-0.1, -0.05) is 18.2 Å². The number of fused-ring (bicyclic) bond motifs is 1. The van der Waals surface area contributed by atoms with Crippen molar-refractivity contribution >= 4 is 22.8 Å². The molecule has 0 bridgehead atoms. The summed E-state index contributed by atoms with van der Waals surface area (Å²) in [5.74, 6) is -2.28. The molecule has 0 aliphatic carbocycles. The Hall–Kier alpha value is -4.14. The fourth-order valence-electron chi connectivity index (χ4n) is 3.59. The van der Waals surface area contributed by atoms with E-state index >= 15 is 0 Å². The van der Waals surface area contributed by atoms with E-state index in [0.717, 1.165) is 17.5 Å². The second-order valence-electron chi connectivity index (χ2n) is 7.47. The maximum absolute atomic E-state index is 13.9. The first-order valence-electron chi connectivity index (χ1n) is 10.4. The number of benzene rings is 2. The van der Waals surface area contributed by atoms with Gasteiger partial charge in [0.05, 0.1) is 42.1 Å². The number of methoxy groups -OCH3 is 1. The van der Waals surface area contributed by atoms with Gasteiger partial charge < -0.3 is 13.9 Å². The van der Waals surface area contributed by atoms with Crippen LogP contribution in [0.5, 0.6) is 0 Å². The molecule has 0 saturated heterocycles. The molecule has 0 unspecified atom stereocenters. The molecule has 0 aliphatic heterocycles. The number of pyridine rings is 1. The molecule has 0 fully saturated rings. The van der Waals surface area contributed by atoms with E-state index in [9.17, 15) is 18.4 Å². The van der Waals surface area contributed by atoms with Crippen molar-refractivity contribution in [2.24, 2.45) is 0 Å². The lowest BCUT2D eigenvalue weighted by Crippen LogP contribution is -2.14. The van der Waals surface area contributed by atoms with E-state index in [1.807, 2.05) is 18.2 Å². The van der Waals surface area contributed by atoms with Gasteiger partial charge in [-0.25, -0.2) is 23.5 Å². The number of carbonyl (C=O) groups is 2. The van der Waals surface area contributed by atoms with Crippen LogP contribution in [0, 0.1) is 18.6 Å². The molecule has 9 heteroatoms. The van der Waals surface area contributed by atoms with Gasteiger partial charge in [-0.2, -0.15) is 0 Å². The Morgan fingerprint density at radius 3 is 2.68 bits per heavy atom. The van der Waals surface area contributed by atoms with Gasteiger partial charge in [-0.3, -0.25) is 4.79 Å². The van der Waals surface area contributed by atoms with Gasteiger partial charge in [0, 0.05) is 17.9 Å². The first-order chi connectivity index (χ1) is 16.4. The Balaban J connectivity index is 1.43. The maximum atomic E-state index is 13.9. The number of nitrogens with zero attached hydrogens (tertiary/aromatic N) is 2. The molecule has 0 aliphatic rings. The van der Waals surface area contributed by atoms with Crippen molar-refractivity contribution in [3.63, 3.8) is 0 Å². The van der Waals surface area contributed by atoms with Gasteiger partial charge in [-0.15, -0.1) is 0 Å². The summed E-state index contributed by atoms with van der Waals surface area (Å²) in [7, 11) is 1.27. The third-order valence-electron chi connectivity index (χ3n) is 5.28. The van der Waals surface area contributed by atoms with Crippen LogP contribution in [-0.2, 0) is 27.3 Å². The third kappa shape index (κ3) is 4.78. The Bertz CT molecular complexity index is 1380. The highest BCUT2D eigenvalue weighted by molar-refractivity contribution is 5.98. The fraction of sp³-hybridized carbons (Fsp3) is 0.200. The molecular formula is C25H20F2N2O5. The zero-order valence-corrected chi connectivity index (χ0v) is 18.4. The highest BCUT2D eigenvalue weighted by Gasteiger charge is 2.21. The number of halogens is 2. The van der Waals surface area contributed by atoms with Crippen LogP contribution in [0.25, 0.3) is 22.2 Å². The zero-order chi connectivity index (χ0) is 24.2. The zero-order valence-electron chi connectivity index (χ0n) is 18.4. The van der Waals surface area contributed by atoms with E-state index in [2.05, 4.69) is 9.97 Å². The van der Waals surface area contributed by atoms with Crippen molar-refractivity contribution in [2.75, 3.05) is 7.11 Å². The molecule has 4 rings (SSSR count). The van der Waals surface area contributed by atoms with E-state index in [4.69, 9.17) is 13.9 Å². The molecule has 2 aromatic carbocycles. The van der Waals surface area contributed by atoms with Crippen molar-refractivity contribution < 1.29 is 32.3 Å². The molecule has 0 saturated carbocycles. The highest BCUT2D eigenvalue weighted by atomic mass is 19.1. The molecule has 0 N–H and O–H groups in total. The Kier molecular flexibility index (Phi) is 6.62. The number of oxazole rings is 1.